The molecule has 2 aromatic rings. The molecule has 24 heavy (non-hydrogen) atoms. The molecule has 0 atom stereocenters. The topological polar surface area (TPSA) is 29.5 Å². The molecule has 0 aliphatic carbocycles. The Morgan fingerprint density at radius 2 is 2.00 bits per heavy atom. The van der Waals surface area contributed by atoms with Gasteiger partial charge in [0.25, 0.3) is 5.91 Å². The molecule has 0 aromatic heterocycles. The Kier molecular flexibility index (Phi) is 5.21. The summed E-state index contributed by atoms with van der Waals surface area (Å²) in [5.74, 6) is 0.777. The van der Waals surface area contributed by atoms with E-state index >= 15 is 0 Å². The first-order valence-electron chi connectivity index (χ1n) is 8.05. The van der Waals surface area contributed by atoms with E-state index in [1.807, 2.05) is 44.2 Å². The van der Waals surface area contributed by atoms with Gasteiger partial charge < -0.3 is 4.74 Å². The fraction of sp³-hybridized carbons (Fsp3) is 0.263. The predicted molar refractivity (Wildman–Crippen MR) is 105 cm³/mol. The summed E-state index contributed by atoms with van der Waals surface area (Å²) in [6.07, 6.45) is 2.81. The highest BCUT2D eigenvalue weighted by atomic mass is 32.2. The van der Waals surface area contributed by atoms with Crippen LogP contribution in [0.15, 0.2) is 41.3 Å². The molecule has 1 amide bonds. The Bertz CT molecular complexity index is 829. The lowest BCUT2D eigenvalue weighted by Crippen LogP contribution is -2.28. The molecule has 1 fully saturated rings. The number of amides is 1. The summed E-state index contributed by atoms with van der Waals surface area (Å²) in [6.45, 7) is 5.24. The van der Waals surface area contributed by atoms with Crippen molar-refractivity contribution in [2.24, 2.45) is 0 Å². The number of rotatable bonds is 5. The van der Waals surface area contributed by atoms with Crippen LogP contribution >= 0.6 is 24.0 Å². The summed E-state index contributed by atoms with van der Waals surface area (Å²) < 4.78 is 6.41. The van der Waals surface area contributed by atoms with Gasteiger partial charge in [-0.15, -0.1) is 0 Å². The van der Waals surface area contributed by atoms with Crippen LogP contribution in [0.1, 0.15) is 25.8 Å². The Morgan fingerprint density at radius 3 is 2.75 bits per heavy atom. The zero-order valence-corrected chi connectivity index (χ0v) is 15.4. The van der Waals surface area contributed by atoms with Gasteiger partial charge in [0.05, 0.1) is 11.5 Å². The van der Waals surface area contributed by atoms with Gasteiger partial charge in [-0.05, 0) is 36.3 Å². The van der Waals surface area contributed by atoms with E-state index in [1.54, 1.807) is 4.90 Å². The molecule has 0 radical (unpaired) electrons. The average molecular weight is 358 g/mol. The first kappa shape index (κ1) is 17.0. The summed E-state index contributed by atoms with van der Waals surface area (Å²) in [7, 11) is 0. The number of carbonyl (C=O) groups is 1. The van der Waals surface area contributed by atoms with Gasteiger partial charge in [0.2, 0.25) is 0 Å². The molecule has 0 bridgehead atoms. The van der Waals surface area contributed by atoms with Gasteiger partial charge in [0, 0.05) is 12.1 Å². The number of thioether (sulfide) groups is 1. The Labute approximate surface area is 151 Å². The summed E-state index contributed by atoms with van der Waals surface area (Å²) in [5.41, 5.74) is 0.937. The van der Waals surface area contributed by atoms with Gasteiger partial charge in [-0.25, -0.2) is 0 Å². The first-order chi connectivity index (χ1) is 11.7. The van der Waals surface area contributed by atoms with E-state index in [1.165, 1.54) is 11.8 Å². The van der Waals surface area contributed by atoms with Gasteiger partial charge in [-0.2, -0.15) is 0 Å². The maximum Gasteiger partial charge on any atom is 0.266 e. The Morgan fingerprint density at radius 1 is 1.21 bits per heavy atom. The van der Waals surface area contributed by atoms with Crippen LogP contribution in [-0.4, -0.2) is 28.3 Å². The third kappa shape index (κ3) is 3.19. The molecule has 0 unspecified atom stereocenters. The Balaban J connectivity index is 2.10. The van der Waals surface area contributed by atoms with Crippen molar-refractivity contribution >= 4 is 51.1 Å². The van der Waals surface area contributed by atoms with Crippen LogP contribution in [-0.2, 0) is 4.79 Å². The largest absolute Gasteiger partial charge is 0.493 e. The van der Waals surface area contributed by atoms with Crippen molar-refractivity contribution in [1.82, 2.24) is 4.90 Å². The third-order valence-corrected chi connectivity index (χ3v) is 5.20. The normalized spacial score (nSPS) is 16.4. The highest BCUT2D eigenvalue weighted by Crippen LogP contribution is 2.37. The maximum absolute atomic E-state index is 12.6. The van der Waals surface area contributed by atoms with Gasteiger partial charge >= 0.3 is 0 Å². The number of benzene rings is 2. The molecule has 5 heteroatoms. The monoisotopic (exact) mass is 357 g/mol. The minimum Gasteiger partial charge on any atom is -0.493 e. The number of nitrogens with zero attached hydrogens (tertiary/aromatic N) is 1. The van der Waals surface area contributed by atoms with Gasteiger partial charge in [-0.1, -0.05) is 61.2 Å². The zero-order valence-electron chi connectivity index (χ0n) is 13.7. The van der Waals surface area contributed by atoms with Crippen LogP contribution in [0, 0.1) is 0 Å². The second kappa shape index (κ2) is 7.36. The van der Waals surface area contributed by atoms with E-state index in [0.29, 0.717) is 22.4 Å². The van der Waals surface area contributed by atoms with Crippen molar-refractivity contribution in [3.63, 3.8) is 0 Å². The minimum absolute atomic E-state index is 0.0118. The molecular formula is C19H19NO2S2. The third-order valence-electron chi connectivity index (χ3n) is 3.83. The van der Waals surface area contributed by atoms with Gasteiger partial charge in [0.15, 0.2) is 0 Å². The van der Waals surface area contributed by atoms with E-state index in [0.717, 1.165) is 28.5 Å². The van der Waals surface area contributed by atoms with Gasteiger partial charge in [0.1, 0.15) is 10.1 Å². The molecule has 3 nitrogen and oxygen atoms in total. The highest BCUT2D eigenvalue weighted by Gasteiger charge is 2.31. The highest BCUT2D eigenvalue weighted by molar-refractivity contribution is 8.26. The van der Waals surface area contributed by atoms with Crippen LogP contribution in [0.4, 0.5) is 0 Å². The zero-order chi connectivity index (χ0) is 17.1. The predicted octanol–water partition coefficient (Wildman–Crippen LogP) is 4.85. The molecule has 1 aliphatic rings. The molecule has 3 rings (SSSR count). The van der Waals surface area contributed by atoms with Crippen molar-refractivity contribution in [3.05, 3.63) is 46.9 Å². The number of hydrogen-bond donors (Lipinski definition) is 0. The smallest absolute Gasteiger partial charge is 0.266 e. The lowest BCUT2D eigenvalue weighted by molar-refractivity contribution is -0.122. The van der Waals surface area contributed by atoms with Crippen molar-refractivity contribution < 1.29 is 9.53 Å². The fourth-order valence-electron chi connectivity index (χ4n) is 2.75. The minimum atomic E-state index is -0.0118. The maximum atomic E-state index is 12.6. The summed E-state index contributed by atoms with van der Waals surface area (Å²) in [4.78, 5) is 15.0. The first-order valence-corrected chi connectivity index (χ1v) is 9.28. The van der Waals surface area contributed by atoms with Crippen LogP contribution in [0.25, 0.3) is 16.8 Å². The standard InChI is InChI=1S/C19H19NO2S2/c1-3-11-20-18(21)17(24-19(20)23)12-15-14-8-6-5-7-13(14)9-10-16(15)22-4-2/h5-10,12H,3-4,11H2,1-2H3/b17-12-. The summed E-state index contributed by atoms with van der Waals surface area (Å²) >= 11 is 6.72. The molecular weight excluding hydrogens is 338 g/mol. The van der Waals surface area contributed by atoms with Crippen LogP contribution in [0.3, 0.4) is 0 Å². The molecule has 0 saturated carbocycles. The van der Waals surface area contributed by atoms with Crippen molar-refractivity contribution in [2.45, 2.75) is 20.3 Å². The second-order valence-electron chi connectivity index (χ2n) is 5.46. The van der Waals surface area contributed by atoms with Crippen LogP contribution in [0.5, 0.6) is 5.75 Å². The quantitative estimate of drug-likeness (QED) is 0.565. The summed E-state index contributed by atoms with van der Waals surface area (Å²) in [5, 5.41) is 2.19. The van der Waals surface area contributed by atoms with E-state index in [9.17, 15) is 4.79 Å². The van der Waals surface area contributed by atoms with E-state index in [2.05, 4.69) is 12.1 Å². The number of thiocarbonyl (C=S) groups is 1. The molecule has 2 aromatic carbocycles. The average Bonchev–Trinajstić information content (AvgIpc) is 2.85. The fourth-order valence-corrected chi connectivity index (χ4v) is 4.04. The molecule has 0 spiro atoms. The van der Waals surface area contributed by atoms with E-state index in [-0.39, 0.29) is 5.91 Å². The van der Waals surface area contributed by atoms with Crippen LogP contribution in [0.2, 0.25) is 0 Å². The molecule has 1 heterocycles. The van der Waals surface area contributed by atoms with Crippen molar-refractivity contribution in [3.8, 4) is 5.75 Å². The number of carbonyl (C=O) groups excluding carboxylic acids is 1. The molecule has 1 aliphatic heterocycles. The number of hydrogen-bond acceptors (Lipinski definition) is 4. The van der Waals surface area contributed by atoms with E-state index in [4.69, 9.17) is 17.0 Å². The lowest BCUT2D eigenvalue weighted by Gasteiger charge is -2.12. The van der Waals surface area contributed by atoms with Gasteiger partial charge in [-0.3, -0.25) is 9.69 Å². The molecule has 1 saturated heterocycles. The summed E-state index contributed by atoms with van der Waals surface area (Å²) in [6, 6.07) is 12.1. The van der Waals surface area contributed by atoms with Crippen molar-refractivity contribution in [1.29, 1.82) is 0 Å². The number of ether oxygens (including phenoxy) is 1. The van der Waals surface area contributed by atoms with Crippen molar-refractivity contribution in [2.75, 3.05) is 13.2 Å². The van der Waals surface area contributed by atoms with E-state index < -0.39 is 0 Å². The number of fused-ring (bicyclic) bond motifs is 1. The Hall–Kier alpha value is -1.85. The SMILES string of the molecule is CCCN1C(=O)/C(=C/c2c(OCC)ccc3ccccc23)SC1=S. The molecule has 124 valence electrons. The second-order valence-corrected chi connectivity index (χ2v) is 7.14. The lowest BCUT2D eigenvalue weighted by atomic mass is 10.0. The molecule has 0 N–H and O–H groups in total. The van der Waals surface area contributed by atoms with Crippen LogP contribution < -0.4 is 4.74 Å².